The van der Waals surface area contributed by atoms with Gasteiger partial charge in [-0.1, -0.05) is 53.7 Å². The van der Waals surface area contributed by atoms with Crippen molar-refractivity contribution < 1.29 is 29.9 Å². The van der Waals surface area contributed by atoms with E-state index in [1.807, 2.05) is 0 Å². The molecule has 0 bridgehead atoms. The number of hydrogen-bond donors (Lipinski definition) is 4. The van der Waals surface area contributed by atoms with Crippen LogP contribution in [-0.2, 0) is 9.47 Å². The third kappa shape index (κ3) is 4.17. The Balaban J connectivity index is 1.25. The number of fused-ring (bicyclic) bond motifs is 7. The van der Waals surface area contributed by atoms with Gasteiger partial charge in [-0.15, -0.1) is 0 Å². The molecule has 5 aliphatic carbocycles. The highest BCUT2D eigenvalue weighted by atomic mass is 16.7. The van der Waals surface area contributed by atoms with Gasteiger partial charge in [0.2, 0.25) is 0 Å². The summed E-state index contributed by atoms with van der Waals surface area (Å²) in [5.41, 5.74) is 2.61. The maximum atomic E-state index is 10.7. The van der Waals surface area contributed by atoms with E-state index in [2.05, 4.69) is 55.0 Å². The molecule has 0 aromatic rings. The van der Waals surface area contributed by atoms with Crippen LogP contribution in [0.5, 0.6) is 0 Å². The Morgan fingerprint density at radius 2 is 1.50 bits per heavy atom. The average Bonchev–Trinajstić information content (AvgIpc) is 3.28. The molecule has 0 amide bonds. The molecule has 0 unspecified atom stereocenters. The maximum Gasteiger partial charge on any atom is 0.186 e. The molecule has 6 heteroatoms. The number of aliphatic hydroxyl groups excluding tert-OH is 4. The van der Waals surface area contributed by atoms with Crippen LogP contribution in [0.2, 0.25) is 0 Å². The van der Waals surface area contributed by atoms with Crippen molar-refractivity contribution in [1.29, 1.82) is 0 Å². The lowest BCUT2D eigenvalue weighted by molar-refractivity contribution is -0.331. The standard InChI is InChI=1S/C36H60O6/c1-20(2)21-11-14-33(5)17-18-35(7)22(27(21)33)9-10-25-34(6)15-13-26(32(3,4)24(34)12-16-36(25,35)8)42-31-30(40)29(39)28(38)23(19-37)41-31/h21-31,37-40H,1,9-19H2,2-8H3/t21-,22+,23+,24-,25+,26-,27+,28-,29+,30-,31+,33+,34-,35+,36+/m0/s1. The molecule has 240 valence electrons. The van der Waals surface area contributed by atoms with E-state index in [-0.39, 0.29) is 16.9 Å². The van der Waals surface area contributed by atoms with Crippen molar-refractivity contribution in [3.8, 4) is 0 Å². The summed E-state index contributed by atoms with van der Waals surface area (Å²) in [6.07, 6.45) is 6.16. The molecule has 1 heterocycles. The van der Waals surface area contributed by atoms with Gasteiger partial charge < -0.3 is 29.9 Å². The number of ether oxygens (including phenoxy) is 2. The predicted molar refractivity (Wildman–Crippen MR) is 163 cm³/mol. The number of rotatable bonds is 4. The van der Waals surface area contributed by atoms with Crippen LogP contribution >= 0.6 is 0 Å². The van der Waals surface area contributed by atoms with Gasteiger partial charge in [0.05, 0.1) is 12.7 Å². The molecule has 1 aliphatic heterocycles. The quantitative estimate of drug-likeness (QED) is 0.243. The van der Waals surface area contributed by atoms with Gasteiger partial charge in [0, 0.05) is 0 Å². The highest BCUT2D eigenvalue weighted by Crippen LogP contribution is 2.77. The second-order valence-corrected chi connectivity index (χ2v) is 17.5. The Labute approximate surface area is 254 Å². The van der Waals surface area contributed by atoms with Gasteiger partial charge in [-0.2, -0.15) is 0 Å². The topological polar surface area (TPSA) is 99.4 Å². The minimum Gasteiger partial charge on any atom is -0.394 e. The van der Waals surface area contributed by atoms with Crippen LogP contribution in [0.4, 0.5) is 0 Å². The van der Waals surface area contributed by atoms with Gasteiger partial charge in [0.15, 0.2) is 6.29 Å². The minimum atomic E-state index is -1.41. The first-order valence-electron chi connectivity index (χ1n) is 17.2. The van der Waals surface area contributed by atoms with E-state index in [4.69, 9.17) is 9.47 Å². The Morgan fingerprint density at radius 3 is 2.17 bits per heavy atom. The van der Waals surface area contributed by atoms with Crippen molar-refractivity contribution in [2.45, 2.75) is 149 Å². The minimum absolute atomic E-state index is 0.140. The van der Waals surface area contributed by atoms with Crippen LogP contribution in [0.25, 0.3) is 0 Å². The maximum absolute atomic E-state index is 10.7. The SMILES string of the molecule is C=C(C)[C@@H]1CC[C@]2(C)CC[C@]3(C)[C@H](CC[C@@H]4[C@@]5(C)CC[C@H](O[C@H]6O[C@H](CO)[C@H](O)[C@@H](O)[C@@H]6O)C(C)(C)[C@@H]5CC[C@]43C)[C@@H]12. The van der Waals surface area contributed by atoms with Gasteiger partial charge in [-0.3, -0.25) is 0 Å². The lowest BCUT2D eigenvalue weighted by Gasteiger charge is -2.73. The molecule has 6 aliphatic rings. The summed E-state index contributed by atoms with van der Waals surface area (Å²) in [5, 5.41) is 41.0. The third-order valence-corrected chi connectivity index (χ3v) is 15.6. The lowest BCUT2D eigenvalue weighted by Crippen LogP contribution is -2.67. The summed E-state index contributed by atoms with van der Waals surface area (Å²) in [4.78, 5) is 0. The molecule has 6 fully saturated rings. The van der Waals surface area contributed by atoms with Crippen molar-refractivity contribution in [2.24, 2.45) is 56.7 Å². The highest BCUT2D eigenvalue weighted by Gasteiger charge is 2.70. The first-order chi connectivity index (χ1) is 19.5. The van der Waals surface area contributed by atoms with Crippen molar-refractivity contribution >= 4 is 0 Å². The van der Waals surface area contributed by atoms with E-state index < -0.39 is 37.3 Å². The summed E-state index contributed by atoms with van der Waals surface area (Å²) in [7, 11) is 0. The monoisotopic (exact) mass is 588 g/mol. The van der Waals surface area contributed by atoms with E-state index in [0.717, 1.165) is 24.7 Å². The van der Waals surface area contributed by atoms with Crippen LogP contribution in [0, 0.1) is 56.7 Å². The molecule has 6 rings (SSSR count). The second-order valence-electron chi connectivity index (χ2n) is 17.5. The lowest BCUT2D eigenvalue weighted by atomic mass is 9.32. The van der Waals surface area contributed by atoms with E-state index in [1.54, 1.807) is 0 Å². The fourth-order valence-corrected chi connectivity index (χ4v) is 13.1. The number of allylic oxidation sites excluding steroid dienone is 1. The first kappa shape index (κ1) is 31.5. The highest BCUT2D eigenvalue weighted by molar-refractivity contribution is 5.21. The smallest absolute Gasteiger partial charge is 0.186 e. The van der Waals surface area contributed by atoms with Gasteiger partial charge in [-0.25, -0.2) is 0 Å². The zero-order chi connectivity index (χ0) is 30.6. The van der Waals surface area contributed by atoms with Crippen LogP contribution in [0.15, 0.2) is 12.2 Å². The Bertz CT molecular complexity index is 1060. The third-order valence-electron chi connectivity index (χ3n) is 15.6. The van der Waals surface area contributed by atoms with Crippen LogP contribution < -0.4 is 0 Å². The summed E-state index contributed by atoms with van der Waals surface area (Å²) >= 11 is 0. The molecule has 15 atom stereocenters. The van der Waals surface area contributed by atoms with Gasteiger partial charge in [0.25, 0.3) is 0 Å². The molecular formula is C36H60O6. The summed E-state index contributed by atoms with van der Waals surface area (Å²) < 4.78 is 12.3. The normalized spacial score (nSPS) is 57.0. The molecule has 6 nitrogen and oxygen atoms in total. The van der Waals surface area contributed by atoms with E-state index >= 15 is 0 Å². The zero-order valence-corrected chi connectivity index (χ0v) is 27.4. The van der Waals surface area contributed by atoms with Gasteiger partial charge in [-0.05, 0) is 128 Å². The van der Waals surface area contributed by atoms with E-state index in [9.17, 15) is 20.4 Å². The van der Waals surface area contributed by atoms with E-state index in [0.29, 0.717) is 34.0 Å². The van der Waals surface area contributed by atoms with Crippen molar-refractivity contribution in [1.82, 2.24) is 0 Å². The largest absolute Gasteiger partial charge is 0.394 e. The fraction of sp³-hybridized carbons (Fsp3) is 0.944. The number of hydrogen-bond acceptors (Lipinski definition) is 6. The van der Waals surface area contributed by atoms with Crippen LogP contribution in [0.1, 0.15) is 113 Å². The molecule has 0 radical (unpaired) electrons. The molecular weight excluding hydrogens is 528 g/mol. The number of aliphatic hydroxyl groups is 4. The molecule has 0 aromatic heterocycles. The van der Waals surface area contributed by atoms with Crippen molar-refractivity contribution in [2.75, 3.05) is 6.61 Å². The first-order valence-corrected chi connectivity index (χ1v) is 17.2. The molecule has 1 saturated heterocycles. The summed E-state index contributed by atoms with van der Waals surface area (Å²) in [6, 6.07) is 0. The van der Waals surface area contributed by atoms with Gasteiger partial charge in [0.1, 0.15) is 24.4 Å². The molecule has 42 heavy (non-hydrogen) atoms. The fourth-order valence-electron chi connectivity index (χ4n) is 13.1. The molecule has 4 N–H and O–H groups in total. The average molecular weight is 589 g/mol. The molecule has 0 aromatic carbocycles. The summed E-state index contributed by atoms with van der Waals surface area (Å²) in [5.74, 6) is 3.39. The van der Waals surface area contributed by atoms with Crippen molar-refractivity contribution in [3.63, 3.8) is 0 Å². The molecule has 5 saturated carbocycles. The van der Waals surface area contributed by atoms with Crippen LogP contribution in [-0.4, -0.2) is 63.8 Å². The van der Waals surface area contributed by atoms with Crippen molar-refractivity contribution in [3.05, 3.63) is 12.2 Å². The Hall–Kier alpha value is -0.500. The Morgan fingerprint density at radius 1 is 0.786 bits per heavy atom. The molecule has 0 spiro atoms. The van der Waals surface area contributed by atoms with Crippen LogP contribution in [0.3, 0.4) is 0 Å². The predicted octanol–water partition coefficient (Wildman–Crippen LogP) is 5.85. The summed E-state index contributed by atoms with van der Waals surface area (Å²) in [6.45, 7) is 21.6. The Kier molecular flexibility index (Phi) is 7.69. The van der Waals surface area contributed by atoms with E-state index in [1.165, 1.54) is 56.9 Å². The second kappa shape index (κ2) is 10.3. The van der Waals surface area contributed by atoms with Gasteiger partial charge >= 0.3 is 0 Å². The zero-order valence-electron chi connectivity index (χ0n) is 27.4.